The molecular weight excluding hydrogens is 270 g/mol. The van der Waals surface area contributed by atoms with E-state index in [1.807, 2.05) is 30.3 Å². The van der Waals surface area contributed by atoms with Gasteiger partial charge < -0.3 is 14.7 Å². The number of carboxylic acid groups (broad SMARTS) is 1. The molecule has 1 spiro atoms. The number of carboxylic acids is 1. The van der Waals surface area contributed by atoms with E-state index in [0.717, 1.165) is 12.0 Å². The molecule has 1 amide bonds. The summed E-state index contributed by atoms with van der Waals surface area (Å²) in [4.78, 5) is 25.0. The zero-order chi connectivity index (χ0) is 15.1. The lowest BCUT2D eigenvalue weighted by Crippen LogP contribution is -2.72. The Labute approximate surface area is 123 Å². The van der Waals surface area contributed by atoms with E-state index >= 15 is 0 Å². The summed E-state index contributed by atoms with van der Waals surface area (Å²) in [5, 5.41) is 9.19. The third kappa shape index (κ3) is 2.26. The highest BCUT2D eigenvalue weighted by atomic mass is 16.6. The molecule has 2 aliphatic rings. The maximum Gasteiger partial charge on any atom is 0.410 e. The molecule has 0 aromatic heterocycles. The van der Waals surface area contributed by atoms with Gasteiger partial charge in [-0.1, -0.05) is 30.3 Å². The Bertz CT molecular complexity index is 563. The van der Waals surface area contributed by atoms with Crippen LogP contribution in [0.2, 0.25) is 0 Å². The van der Waals surface area contributed by atoms with E-state index in [4.69, 9.17) is 4.74 Å². The third-order valence-electron chi connectivity index (χ3n) is 4.75. The molecule has 1 aliphatic heterocycles. The van der Waals surface area contributed by atoms with Crippen LogP contribution in [0.3, 0.4) is 0 Å². The highest BCUT2D eigenvalue weighted by Crippen LogP contribution is 2.57. The SMILES string of the molecule is CC1(C(=O)O)CC2(CCN2C(=O)OCc2ccccc2)C1. The van der Waals surface area contributed by atoms with Gasteiger partial charge in [-0.2, -0.15) is 0 Å². The fourth-order valence-electron chi connectivity index (χ4n) is 3.54. The minimum absolute atomic E-state index is 0.252. The molecule has 112 valence electrons. The van der Waals surface area contributed by atoms with Crippen molar-refractivity contribution in [2.75, 3.05) is 6.54 Å². The van der Waals surface area contributed by atoms with Crippen molar-refractivity contribution >= 4 is 12.1 Å². The summed E-state index contributed by atoms with van der Waals surface area (Å²) in [6.07, 6.45) is 1.58. The quantitative estimate of drug-likeness (QED) is 0.929. The number of carbonyl (C=O) groups is 2. The number of hydrogen-bond donors (Lipinski definition) is 1. The Morgan fingerprint density at radius 2 is 1.95 bits per heavy atom. The molecule has 0 unspecified atom stereocenters. The average molecular weight is 289 g/mol. The van der Waals surface area contributed by atoms with Crippen LogP contribution in [0.5, 0.6) is 0 Å². The van der Waals surface area contributed by atoms with E-state index in [9.17, 15) is 14.7 Å². The first-order valence-electron chi connectivity index (χ1n) is 7.17. The predicted molar refractivity (Wildman–Crippen MR) is 75.7 cm³/mol. The van der Waals surface area contributed by atoms with Crippen LogP contribution < -0.4 is 0 Å². The first-order valence-corrected chi connectivity index (χ1v) is 7.17. The van der Waals surface area contributed by atoms with E-state index in [0.29, 0.717) is 19.4 Å². The predicted octanol–water partition coefficient (Wildman–Crippen LogP) is 2.65. The summed E-state index contributed by atoms with van der Waals surface area (Å²) < 4.78 is 5.33. The molecule has 0 radical (unpaired) electrons. The standard InChI is InChI=1S/C16H19NO4/c1-15(13(18)19)10-16(11-15)7-8-17(16)14(20)21-9-12-5-3-2-4-6-12/h2-6H,7-11H2,1H3,(H,18,19). The number of nitrogens with zero attached hydrogens (tertiary/aromatic N) is 1. The van der Waals surface area contributed by atoms with Crippen molar-refractivity contribution in [2.24, 2.45) is 5.41 Å². The van der Waals surface area contributed by atoms with E-state index in [1.165, 1.54) is 0 Å². The summed E-state index contributed by atoms with van der Waals surface area (Å²) in [7, 11) is 0. The topological polar surface area (TPSA) is 66.8 Å². The number of carbonyl (C=O) groups excluding carboxylic acids is 1. The van der Waals surface area contributed by atoms with Crippen LogP contribution in [-0.2, 0) is 16.1 Å². The zero-order valence-corrected chi connectivity index (χ0v) is 12.0. The van der Waals surface area contributed by atoms with Gasteiger partial charge in [-0.25, -0.2) is 4.79 Å². The maximum atomic E-state index is 12.1. The Kier molecular flexibility index (Phi) is 3.15. The maximum absolute atomic E-state index is 12.1. The smallest absolute Gasteiger partial charge is 0.410 e. The third-order valence-corrected chi connectivity index (χ3v) is 4.75. The Balaban J connectivity index is 1.56. The second-order valence-corrected chi connectivity index (χ2v) is 6.39. The van der Waals surface area contributed by atoms with Crippen LogP contribution in [0.25, 0.3) is 0 Å². The molecule has 5 heteroatoms. The average Bonchev–Trinajstić information content (AvgIpc) is 2.41. The van der Waals surface area contributed by atoms with Crippen molar-refractivity contribution in [1.29, 1.82) is 0 Å². The van der Waals surface area contributed by atoms with Gasteiger partial charge in [0.15, 0.2) is 0 Å². The minimum Gasteiger partial charge on any atom is -0.481 e. The number of likely N-dealkylation sites (tertiary alicyclic amines) is 1. The molecule has 1 saturated carbocycles. The molecule has 1 aliphatic carbocycles. The van der Waals surface area contributed by atoms with E-state index < -0.39 is 11.4 Å². The Hall–Kier alpha value is -2.04. The van der Waals surface area contributed by atoms with Crippen molar-refractivity contribution in [3.63, 3.8) is 0 Å². The number of amides is 1. The molecular formula is C16H19NO4. The van der Waals surface area contributed by atoms with E-state index in [-0.39, 0.29) is 18.2 Å². The van der Waals surface area contributed by atoms with Crippen LogP contribution in [0.1, 0.15) is 31.7 Å². The lowest BCUT2D eigenvalue weighted by molar-refractivity contribution is -0.177. The van der Waals surface area contributed by atoms with Crippen molar-refractivity contribution in [1.82, 2.24) is 4.90 Å². The lowest BCUT2D eigenvalue weighted by atomic mass is 9.53. The van der Waals surface area contributed by atoms with Crippen molar-refractivity contribution in [3.8, 4) is 0 Å². The molecule has 2 fully saturated rings. The van der Waals surface area contributed by atoms with E-state index in [1.54, 1.807) is 11.8 Å². The number of aliphatic carboxylic acids is 1. The van der Waals surface area contributed by atoms with Crippen molar-refractivity contribution in [2.45, 2.75) is 38.3 Å². The van der Waals surface area contributed by atoms with Gasteiger partial charge >= 0.3 is 12.1 Å². The van der Waals surface area contributed by atoms with Crippen molar-refractivity contribution < 1.29 is 19.4 Å². The summed E-state index contributed by atoms with van der Waals surface area (Å²) in [6.45, 7) is 2.65. The van der Waals surface area contributed by atoms with Crippen LogP contribution in [0.4, 0.5) is 4.79 Å². The minimum atomic E-state index is -0.780. The molecule has 1 heterocycles. The highest BCUT2D eigenvalue weighted by Gasteiger charge is 2.64. The van der Waals surface area contributed by atoms with Gasteiger partial charge in [0.25, 0.3) is 0 Å². The van der Waals surface area contributed by atoms with Crippen LogP contribution in [0, 0.1) is 5.41 Å². The molecule has 1 aromatic carbocycles. The molecule has 1 saturated heterocycles. The highest BCUT2D eigenvalue weighted by molar-refractivity contribution is 5.78. The fourth-order valence-corrected chi connectivity index (χ4v) is 3.54. The van der Waals surface area contributed by atoms with Gasteiger partial charge in [-0.15, -0.1) is 0 Å². The fraction of sp³-hybridized carbons (Fsp3) is 0.500. The van der Waals surface area contributed by atoms with Crippen LogP contribution >= 0.6 is 0 Å². The summed E-state index contributed by atoms with van der Waals surface area (Å²) >= 11 is 0. The summed E-state index contributed by atoms with van der Waals surface area (Å²) in [5.74, 6) is -0.780. The van der Waals surface area contributed by atoms with Crippen LogP contribution in [0.15, 0.2) is 30.3 Å². The number of ether oxygens (including phenoxy) is 1. The van der Waals surface area contributed by atoms with Gasteiger partial charge in [0.2, 0.25) is 0 Å². The Morgan fingerprint density at radius 3 is 2.48 bits per heavy atom. The van der Waals surface area contributed by atoms with E-state index in [2.05, 4.69) is 0 Å². The summed E-state index contributed by atoms with van der Waals surface area (Å²) in [6, 6.07) is 9.53. The number of rotatable bonds is 3. The first-order chi connectivity index (χ1) is 9.95. The largest absolute Gasteiger partial charge is 0.481 e. The second kappa shape index (κ2) is 4.76. The number of benzene rings is 1. The molecule has 21 heavy (non-hydrogen) atoms. The molecule has 0 atom stereocenters. The van der Waals surface area contributed by atoms with Gasteiger partial charge in [-0.05, 0) is 31.7 Å². The van der Waals surface area contributed by atoms with Gasteiger partial charge in [0, 0.05) is 6.54 Å². The monoisotopic (exact) mass is 289 g/mol. The summed E-state index contributed by atoms with van der Waals surface area (Å²) in [5.41, 5.74) is -0.0244. The Morgan fingerprint density at radius 1 is 1.29 bits per heavy atom. The molecule has 1 N–H and O–H groups in total. The van der Waals surface area contributed by atoms with Gasteiger partial charge in [-0.3, -0.25) is 4.79 Å². The molecule has 3 rings (SSSR count). The normalized spacial score (nSPS) is 30.4. The van der Waals surface area contributed by atoms with Gasteiger partial charge in [0.05, 0.1) is 11.0 Å². The molecule has 0 bridgehead atoms. The molecule has 1 aromatic rings. The molecule has 5 nitrogen and oxygen atoms in total. The van der Waals surface area contributed by atoms with Gasteiger partial charge in [0.1, 0.15) is 6.61 Å². The second-order valence-electron chi connectivity index (χ2n) is 6.39. The zero-order valence-electron chi connectivity index (χ0n) is 12.0. The lowest BCUT2D eigenvalue weighted by Gasteiger charge is -2.63. The number of hydrogen-bond acceptors (Lipinski definition) is 3. The first kappa shape index (κ1) is 13.9. The van der Waals surface area contributed by atoms with Crippen molar-refractivity contribution in [3.05, 3.63) is 35.9 Å². The van der Waals surface area contributed by atoms with Crippen LogP contribution in [-0.4, -0.2) is 34.2 Å².